The molecular weight excluding hydrogens is 506 g/mol. The molecule has 0 spiro atoms. The van der Waals surface area contributed by atoms with Crippen molar-refractivity contribution >= 4 is 24.1 Å². The highest BCUT2D eigenvalue weighted by Crippen LogP contribution is 2.35. The van der Waals surface area contributed by atoms with Crippen LogP contribution >= 0.6 is 0 Å². The molecule has 0 saturated heterocycles. The number of carbonyl (C=O) groups excluding carboxylic acids is 3. The molecule has 0 saturated carbocycles. The van der Waals surface area contributed by atoms with Crippen molar-refractivity contribution in [1.29, 1.82) is 0 Å². The van der Waals surface area contributed by atoms with E-state index in [1.807, 2.05) is 13.8 Å². The van der Waals surface area contributed by atoms with Gasteiger partial charge < -0.3 is 24.1 Å². The number of carboxylic acid groups (broad SMARTS) is 1. The van der Waals surface area contributed by atoms with E-state index in [1.54, 1.807) is 62.3 Å². The van der Waals surface area contributed by atoms with Crippen LogP contribution < -0.4 is 14.8 Å². The molecule has 1 aromatic rings. The first-order valence-corrected chi connectivity index (χ1v) is 13.2. The van der Waals surface area contributed by atoms with Crippen LogP contribution in [0.2, 0.25) is 0 Å². The zero-order valence-corrected chi connectivity index (χ0v) is 25.1. The Labute approximate surface area is 231 Å². The Bertz CT molecular complexity index is 1050. The van der Waals surface area contributed by atoms with Crippen LogP contribution in [0.25, 0.3) is 0 Å². The van der Waals surface area contributed by atoms with Gasteiger partial charge in [-0.05, 0) is 92.9 Å². The summed E-state index contributed by atoms with van der Waals surface area (Å²) >= 11 is 0. The van der Waals surface area contributed by atoms with Gasteiger partial charge in [0.2, 0.25) is 0 Å². The van der Waals surface area contributed by atoms with Crippen molar-refractivity contribution < 1.29 is 43.2 Å². The van der Waals surface area contributed by atoms with E-state index < -0.39 is 52.3 Å². The monoisotopic (exact) mass is 551 g/mol. The maximum absolute atomic E-state index is 12.9. The summed E-state index contributed by atoms with van der Waals surface area (Å²) in [5, 5.41) is 13.0. The minimum absolute atomic E-state index is 0.0105. The molecule has 39 heavy (non-hydrogen) atoms. The number of carbonyl (C=O) groups is 4. The minimum atomic E-state index is -2.21. The summed E-state index contributed by atoms with van der Waals surface area (Å²) in [6, 6.07) is 3.95. The molecule has 0 unspecified atom stereocenters. The lowest BCUT2D eigenvalue weighted by atomic mass is 9.90. The fraction of sp³-hybridized carbons (Fsp3) is 0.655. The lowest BCUT2D eigenvalue weighted by Crippen LogP contribution is -2.59. The van der Waals surface area contributed by atoms with E-state index in [0.717, 1.165) is 0 Å². The Balaban J connectivity index is 3.59. The zero-order chi connectivity index (χ0) is 30.4. The van der Waals surface area contributed by atoms with Crippen LogP contribution in [0, 0.1) is 10.8 Å². The highest BCUT2D eigenvalue weighted by Gasteiger charge is 2.45. The van der Waals surface area contributed by atoms with E-state index in [2.05, 4.69) is 5.32 Å². The molecule has 2 N–H and O–H groups in total. The first-order valence-electron chi connectivity index (χ1n) is 13.2. The van der Waals surface area contributed by atoms with Crippen molar-refractivity contribution in [3.63, 3.8) is 0 Å². The average Bonchev–Trinajstić information content (AvgIpc) is 2.78. The second kappa shape index (κ2) is 12.8. The first kappa shape index (κ1) is 33.9. The fourth-order valence-corrected chi connectivity index (χ4v) is 3.06. The van der Waals surface area contributed by atoms with Crippen molar-refractivity contribution in [2.45, 2.75) is 113 Å². The predicted molar refractivity (Wildman–Crippen MR) is 146 cm³/mol. The highest BCUT2D eigenvalue weighted by atomic mass is 16.8. The standard InChI is InChI=1S/C29H45NO9/c1-12-27(8,9)23(33)36-20-15-14-19(16-21(20)37-24(34)28(10,11)13-2)17-29(22(31)32,30-18(3)4)39-25(35)38-26(5,6)7/h14-16,18,30H,12-13,17H2,1-11H3,(H,31,32)/t29-/m0/s1. The van der Waals surface area contributed by atoms with E-state index in [9.17, 15) is 24.3 Å². The fourth-order valence-electron chi connectivity index (χ4n) is 3.06. The number of hydrogen-bond acceptors (Lipinski definition) is 9. The van der Waals surface area contributed by atoms with Gasteiger partial charge in [0.05, 0.1) is 10.8 Å². The Morgan fingerprint density at radius 2 is 1.31 bits per heavy atom. The maximum atomic E-state index is 12.9. The molecule has 1 rings (SSSR count). The van der Waals surface area contributed by atoms with Gasteiger partial charge in [0.1, 0.15) is 5.60 Å². The molecule has 0 fully saturated rings. The van der Waals surface area contributed by atoms with Gasteiger partial charge in [0, 0.05) is 12.5 Å². The molecule has 0 radical (unpaired) electrons. The number of esters is 2. The highest BCUT2D eigenvalue weighted by molar-refractivity contribution is 5.82. The molecule has 10 heteroatoms. The molecule has 0 aliphatic rings. The van der Waals surface area contributed by atoms with Crippen LogP contribution in [-0.2, 0) is 30.3 Å². The third kappa shape index (κ3) is 9.84. The molecule has 0 aliphatic heterocycles. The Kier molecular flexibility index (Phi) is 11.1. The number of nitrogens with one attached hydrogen (secondary N) is 1. The Morgan fingerprint density at radius 1 is 0.821 bits per heavy atom. The van der Waals surface area contributed by atoms with Crippen LogP contribution in [0.5, 0.6) is 11.5 Å². The number of ether oxygens (including phenoxy) is 4. The molecule has 0 bridgehead atoms. The van der Waals surface area contributed by atoms with Crippen LogP contribution in [0.3, 0.4) is 0 Å². The molecule has 0 aromatic heterocycles. The molecule has 1 atom stereocenters. The Hall–Kier alpha value is -3.14. The van der Waals surface area contributed by atoms with Gasteiger partial charge >= 0.3 is 24.1 Å². The summed E-state index contributed by atoms with van der Waals surface area (Å²) in [6.07, 6.45) is -0.503. The zero-order valence-electron chi connectivity index (χ0n) is 25.1. The molecule has 0 heterocycles. The molecule has 0 amide bonds. The van der Waals surface area contributed by atoms with E-state index in [-0.39, 0.29) is 17.9 Å². The van der Waals surface area contributed by atoms with Gasteiger partial charge in [-0.3, -0.25) is 14.9 Å². The van der Waals surface area contributed by atoms with Crippen LogP contribution in [0.4, 0.5) is 4.79 Å². The third-order valence-corrected chi connectivity index (χ3v) is 6.25. The summed E-state index contributed by atoms with van der Waals surface area (Å²) in [7, 11) is 0. The quantitative estimate of drug-likeness (QED) is 0.191. The third-order valence-electron chi connectivity index (χ3n) is 6.25. The molecular formula is C29H45NO9. The van der Waals surface area contributed by atoms with Gasteiger partial charge in [-0.15, -0.1) is 0 Å². The number of rotatable bonds is 12. The number of aliphatic carboxylic acids is 1. The Morgan fingerprint density at radius 3 is 1.72 bits per heavy atom. The SMILES string of the molecule is CCC(C)(C)C(=O)Oc1ccc(C[C@](NC(C)C)(OC(=O)OC(C)(C)C)C(=O)O)cc1OC(=O)C(C)(C)CC. The summed E-state index contributed by atoms with van der Waals surface area (Å²) in [5.74, 6) is -2.56. The number of carboxylic acids is 1. The van der Waals surface area contributed by atoms with Crippen molar-refractivity contribution in [3.8, 4) is 11.5 Å². The number of hydrogen-bond donors (Lipinski definition) is 2. The summed E-state index contributed by atoms with van der Waals surface area (Å²) in [5.41, 5.74) is -4.40. The van der Waals surface area contributed by atoms with Gasteiger partial charge in [-0.25, -0.2) is 9.59 Å². The van der Waals surface area contributed by atoms with Crippen LogP contribution in [0.1, 0.15) is 94.6 Å². The van der Waals surface area contributed by atoms with Gasteiger partial charge in [-0.2, -0.15) is 0 Å². The van der Waals surface area contributed by atoms with E-state index in [4.69, 9.17) is 18.9 Å². The van der Waals surface area contributed by atoms with Crippen LogP contribution in [0.15, 0.2) is 18.2 Å². The van der Waals surface area contributed by atoms with E-state index in [1.165, 1.54) is 18.2 Å². The normalized spacial score (nSPS) is 13.8. The smallest absolute Gasteiger partial charge is 0.477 e. The van der Waals surface area contributed by atoms with Crippen molar-refractivity contribution in [2.75, 3.05) is 0 Å². The largest absolute Gasteiger partial charge is 0.511 e. The summed E-state index contributed by atoms with van der Waals surface area (Å²) < 4.78 is 21.9. The first-order chi connectivity index (χ1) is 17.7. The van der Waals surface area contributed by atoms with Gasteiger partial charge in [0.25, 0.3) is 5.72 Å². The summed E-state index contributed by atoms with van der Waals surface area (Å²) in [6.45, 7) is 18.9. The van der Waals surface area contributed by atoms with Crippen molar-refractivity contribution in [3.05, 3.63) is 23.8 Å². The van der Waals surface area contributed by atoms with Crippen molar-refractivity contribution in [2.24, 2.45) is 10.8 Å². The van der Waals surface area contributed by atoms with Crippen molar-refractivity contribution in [1.82, 2.24) is 5.32 Å². The lowest BCUT2D eigenvalue weighted by Gasteiger charge is -2.33. The van der Waals surface area contributed by atoms with E-state index >= 15 is 0 Å². The molecule has 10 nitrogen and oxygen atoms in total. The topological polar surface area (TPSA) is 137 Å². The van der Waals surface area contributed by atoms with Gasteiger partial charge in [-0.1, -0.05) is 19.9 Å². The van der Waals surface area contributed by atoms with Crippen LogP contribution in [-0.4, -0.2) is 46.5 Å². The molecule has 220 valence electrons. The van der Waals surface area contributed by atoms with Gasteiger partial charge in [0.15, 0.2) is 11.5 Å². The second-order valence-corrected chi connectivity index (χ2v) is 12.2. The summed E-state index contributed by atoms with van der Waals surface area (Å²) in [4.78, 5) is 50.8. The number of benzene rings is 1. The maximum Gasteiger partial charge on any atom is 0.511 e. The lowest BCUT2D eigenvalue weighted by molar-refractivity contribution is -0.169. The average molecular weight is 552 g/mol. The minimum Gasteiger partial charge on any atom is -0.477 e. The predicted octanol–water partition coefficient (Wildman–Crippen LogP) is 5.64. The van der Waals surface area contributed by atoms with E-state index in [0.29, 0.717) is 18.4 Å². The second-order valence-electron chi connectivity index (χ2n) is 12.2. The molecule has 0 aliphatic carbocycles. The molecule has 1 aromatic carbocycles.